The summed E-state index contributed by atoms with van der Waals surface area (Å²) in [5.41, 5.74) is -0.178. The Labute approximate surface area is 93.7 Å². The molecule has 1 rings (SSSR count). The summed E-state index contributed by atoms with van der Waals surface area (Å²) in [5.74, 6) is -0.331. The Bertz CT molecular complexity index is 412. The van der Waals surface area contributed by atoms with E-state index < -0.39 is 6.10 Å². The van der Waals surface area contributed by atoms with E-state index in [1.807, 2.05) is 0 Å². The van der Waals surface area contributed by atoms with Gasteiger partial charge in [0.25, 0.3) is 5.91 Å². The Kier molecular flexibility index (Phi) is 4.25. The van der Waals surface area contributed by atoms with Gasteiger partial charge in [-0.25, -0.2) is 0 Å². The average Bonchev–Trinajstić information content (AvgIpc) is 2.25. The number of hydrogen-bond donors (Lipinski definition) is 2. The third-order valence-electron chi connectivity index (χ3n) is 2.28. The molecule has 88 valence electrons. The Balaban J connectivity index is 2.71. The van der Waals surface area contributed by atoms with Crippen LogP contribution in [0.15, 0.2) is 23.3 Å². The smallest absolute Gasteiger partial charge is 0.259 e. The zero-order valence-corrected chi connectivity index (χ0v) is 9.43. The van der Waals surface area contributed by atoms with Crippen LogP contribution in [0, 0.1) is 0 Å². The maximum Gasteiger partial charge on any atom is 0.259 e. The van der Waals surface area contributed by atoms with Crippen LogP contribution in [0.5, 0.6) is 0 Å². The van der Waals surface area contributed by atoms with Gasteiger partial charge in [-0.3, -0.25) is 9.59 Å². The van der Waals surface area contributed by atoms with Crippen LogP contribution in [0.4, 0.5) is 0 Å². The molecule has 0 saturated carbocycles. The highest BCUT2D eigenvalue weighted by atomic mass is 16.3. The van der Waals surface area contributed by atoms with Gasteiger partial charge in [-0.2, -0.15) is 0 Å². The summed E-state index contributed by atoms with van der Waals surface area (Å²) in [6.45, 7) is 2.08. The molecule has 0 aliphatic heterocycles. The molecule has 0 aromatic carbocycles. The molecule has 16 heavy (non-hydrogen) atoms. The normalized spacial score (nSPS) is 12.2. The Hall–Kier alpha value is -1.62. The molecule has 5 nitrogen and oxygen atoms in total. The van der Waals surface area contributed by atoms with E-state index in [1.54, 1.807) is 14.0 Å². The minimum Gasteiger partial charge on any atom is -0.393 e. The van der Waals surface area contributed by atoms with E-state index in [9.17, 15) is 9.59 Å². The second-order valence-electron chi connectivity index (χ2n) is 3.79. The van der Waals surface area contributed by atoms with Crippen molar-refractivity contribution < 1.29 is 9.90 Å². The van der Waals surface area contributed by atoms with Crippen molar-refractivity contribution in [1.29, 1.82) is 0 Å². The number of carbonyl (C=O) groups is 1. The van der Waals surface area contributed by atoms with E-state index in [0.29, 0.717) is 13.0 Å². The molecule has 1 heterocycles. The second-order valence-corrected chi connectivity index (χ2v) is 3.79. The summed E-state index contributed by atoms with van der Waals surface area (Å²) >= 11 is 0. The van der Waals surface area contributed by atoms with E-state index in [2.05, 4.69) is 4.98 Å². The first-order valence-electron chi connectivity index (χ1n) is 5.13. The molecule has 2 N–H and O–H groups in total. The predicted octanol–water partition coefficient (Wildman–Crippen LogP) is 0.218. The fourth-order valence-electron chi connectivity index (χ4n) is 1.27. The average molecular weight is 224 g/mol. The van der Waals surface area contributed by atoms with Gasteiger partial charge in [-0.05, 0) is 13.3 Å². The highest BCUT2D eigenvalue weighted by Crippen LogP contribution is 1.99. The van der Waals surface area contributed by atoms with Gasteiger partial charge in [0.05, 0.1) is 6.10 Å². The number of rotatable bonds is 4. The number of aromatic amines is 1. The van der Waals surface area contributed by atoms with Crippen LogP contribution < -0.4 is 5.43 Å². The Morgan fingerprint density at radius 3 is 2.88 bits per heavy atom. The van der Waals surface area contributed by atoms with Gasteiger partial charge in [0.15, 0.2) is 5.43 Å². The Morgan fingerprint density at radius 2 is 2.31 bits per heavy atom. The third-order valence-corrected chi connectivity index (χ3v) is 2.28. The van der Waals surface area contributed by atoms with Crippen LogP contribution in [-0.4, -0.2) is 40.6 Å². The number of aliphatic hydroxyl groups excluding tert-OH is 1. The maximum atomic E-state index is 11.8. The molecule has 5 heteroatoms. The molecule has 1 amide bonds. The number of pyridine rings is 1. The van der Waals surface area contributed by atoms with Gasteiger partial charge in [-0.15, -0.1) is 0 Å². The summed E-state index contributed by atoms with van der Waals surface area (Å²) in [6, 6.07) is 1.32. The van der Waals surface area contributed by atoms with E-state index in [1.165, 1.54) is 23.4 Å². The topological polar surface area (TPSA) is 73.4 Å². The zero-order valence-electron chi connectivity index (χ0n) is 9.43. The van der Waals surface area contributed by atoms with Crippen LogP contribution in [-0.2, 0) is 0 Å². The summed E-state index contributed by atoms with van der Waals surface area (Å²) in [6.07, 6.45) is 2.91. The first-order chi connectivity index (χ1) is 7.52. The standard InChI is InChI=1S/C11H16N2O3/c1-8(14)4-6-13(2)11(16)9-7-12-5-3-10(9)15/h3,5,7-8,14H,4,6H2,1-2H3,(H,12,15). The fraction of sp³-hybridized carbons (Fsp3) is 0.455. The lowest BCUT2D eigenvalue weighted by molar-refractivity contribution is 0.0767. The number of nitrogens with one attached hydrogen (secondary N) is 1. The summed E-state index contributed by atoms with van der Waals surface area (Å²) in [4.78, 5) is 27.3. The number of amides is 1. The number of aliphatic hydroxyl groups is 1. The second kappa shape index (κ2) is 5.46. The van der Waals surface area contributed by atoms with Crippen molar-refractivity contribution in [3.05, 3.63) is 34.2 Å². The van der Waals surface area contributed by atoms with Crippen LogP contribution in [0.2, 0.25) is 0 Å². The number of H-pyrrole nitrogens is 1. The van der Waals surface area contributed by atoms with Crippen molar-refractivity contribution >= 4 is 5.91 Å². The number of carbonyl (C=O) groups excluding carboxylic acids is 1. The first-order valence-corrected chi connectivity index (χ1v) is 5.13. The van der Waals surface area contributed by atoms with Gasteiger partial charge in [0, 0.05) is 32.1 Å². The van der Waals surface area contributed by atoms with Gasteiger partial charge in [-0.1, -0.05) is 0 Å². The van der Waals surface area contributed by atoms with E-state index in [0.717, 1.165) is 0 Å². The van der Waals surface area contributed by atoms with Gasteiger partial charge >= 0.3 is 0 Å². The SMILES string of the molecule is CC(O)CCN(C)C(=O)c1c[nH]ccc1=O. The lowest BCUT2D eigenvalue weighted by Crippen LogP contribution is -2.32. The van der Waals surface area contributed by atoms with Crippen LogP contribution in [0.3, 0.4) is 0 Å². The van der Waals surface area contributed by atoms with Gasteiger partial charge < -0.3 is 15.0 Å². The van der Waals surface area contributed by atoms with Crippen molar-refractivity contribution in [2.24, 2.45) is 0 Å². The predicted molar refractivity (Wildman–Crippen MR) is 60.3 cm³/mol. The van der Waals surface area contributed by atoms with Crippen molar-refractivity contribution in [3.63, 3.8) is 0 Å². The molecule has 0 aliphatic rings. The number of hydrogen-bond acceptors (Lipinski definition) is 3. The Morgan fingerprint density at radius 1 is 1.62 bits per heavy atom. The van der Waals surface area contributed by atoms with Gasteiger partial charge in [0.1, 0.15) is 5.56 Å². The minimum atomic E-state index is -0.454. The third kappa shape index (κ3) is 3.20. The molecule has 0 radical (unpaired) electrons. The first kappa shape index (κ1) is 12.4. The monoisotopic (exact) mass is 224 g/mol. The van der Waals surface area contributed by atoms with E-state index >= 15 is 0 Å². The van der Waals surface area contributed by atoms with Crippen molar-refractivity contribution in [1.82, 2.24) is 9.88 Å². The molecule has 1 atom stereocenters. The number of aromatic nitrogens is 1. The minimum absolute atomic E-state index is 0.121. The zero-order chi connectivity index (χ0) is 12.1. The molecular formula is C11H16N2O3. The molecule has 0 saturated heterocycles. The van der Waals surface area contributed by atoms with Crippen molar-refractivity contribution in [3.8, 4) is 0 Å². The van der Waals surface area contributed by atoms with Gasteiger partial charge in [0.2, 0.25) is 0 Å². The molecule has 1 aromatic rings. The van der Waals surface area contributed by atoms with Crippen LogP contribution in [0.25, 0.3) is 0 Å². The van der Waals surface area contributed by atoms with Crippen molar-refractivity contribution in [2.45, 2.75) is 19.4 Å². The quantitative estimate of drug-likeness (QED) is 0.768. The molecule has 0 aliphatic carbocycles. The summed E-state index contributed by atoms with van der Waals surface area (Å²) in [7, 11) is 1.61. The van der Waals surface area contributed by atoms with Crippen LogP contribution >= 0.6 is 0 Å². The lowest BCUT2D eigenvalue weighted by Gasteiger charge is -2.17. The highest BCUT2D eigenvalue weighted by molar-refractivity contribution is 5.93. The molecule has 1 aromatic heterocycles. The fourth-order valence-corrected chi connectivity index (χ4v) is 1.27. The number of nitrogens with zero attached hydrogens (tertiary/aromatic N) is 1. The molecule has 0 fully saturated rings. The maximum absolute atomic E-state index is 11.8. The van der Waals surface area contributed by atoms with E-state index in [4.69, 9.17) is 5.11 Å². The summed E-state index contributed by atoms with van der Waals surface area (Å²) in [5, 5.41) is 9.10. The molecule has 0 bridgehead atoms. The summed E-state index contributed by atoms with van der Waals surface area (Å²) < 4.78 is 0. The van der Waals surface area contributed by atoms with E-state index in [-0.39, 0.29) is 16.9 Å². The van der Waals surface area contributed by atoms with Crippen LogP contribution in [0.1, 0.15) is 23.7 Å². The lowest BCUT2D eigenvalue weighted by atomic mass is 10.2. The molecular weight excluding hydrogens is 208 g/mol. The van der Waals surface area contributed by atoms with Crippen molar-refractivity contribution in [2.75, 3.05) is 13.6 Å². The molecule has 0 spiro atoms. The largest absolute Gasteiger partial charge is 0.393 e. The molecule has 1 unspecified atom stereocenters. The highest BCUT2D eigenvalue weighted by Gasteiger charge is 2.14.